The van der Waals surface area contributed by atoms with Crippen LogP contribution in [0.25, 0.3) is 44.5 Å². The molecule has 3 aliphatic carbocycles. The van der Waals surface area contributed by atoms with Crippen molar-refractivity contribution in [1.29, 1.82) is 0 Å². The summed E-state index contributed by atoms with van der Waals surface area (Å²) in [7, 11) is 0. The maximum Gasteiger partial charge on any atom is 0.0726 e. The molecule has 0 aromatic heterocycles. The third-order valence-electron chi connectivity index (χ3n) is 12.9. The zero-order chi connectivity index (χ0) is 37.1. The molecule has 0 heterocycles. The van der Waals surface area contributed by atoms with Gasteiger partial charge in [0.15, 0.2) is 0 Å². The maximum absolute atomic E-state index is 2.55. The highest BCUT2D eigenvalue weighted by Crippen LogP contribution is 2.63. The van der Waals surface area contributed by atoms with Crippen molar-refractivity contribution in [3.63, 3.8) is 0 Å². The van der Waals surface area contributed by atoms with Gasteiger partial charge in [-0.1, -0.05) is 159 Å². The first-order chi connectivity index (χ1) is 26.9. The lowest BCUT2D eigenvalue weighted by atomic mass is 9.70. The lowest BCUT2D eigenvalue weighted by Crippen LogP contribution is -2.26. The Morgan fingerprint density at radius 3 is 1.36 bits per heavy atom. The van der Waals surface area contributed by atoms with E-state index in [1.807, 2.05) is 0 Å². The summed E-state index contributed by atoms with van der Waals surface area (Å²) in [4.78, 5) is 2.55. The van der Waals surface area contributed by atoms with Gasteiger partial charge >= 0.3 is 0 Å². The van der Waals surface area contributed by atoms with Crippen LogP contribution in [-0.4, -0.2) is 0 Å². The van der Waals surface area contributed by atoms with E-state index in [0.717, 1.165) is 11.4 Å². The number of anilines is 3. The Kier molecular flexibility index (Phi) is 6.72. The highest BCUT2D eigenvalue weighted by molar-refractivity contribution is 5.97. The number of aryl methyl sites for hydroxylation is 2. The Morgan fingerprint density at radius 1 is 0.345 bits per heavy atom. The van der Waals surface area contributed by atoms with E-state index in [-0.39, 0.29) is 5.41 Å². The number of hydrogen-bond acceptors (Lipinski definition) is 1. The van der Waals surface area contributed by atoms with Crippen molar-refractivity contribution in [2.45, 2.75) is 38.5 Å². The van der Waals surface area contributed by atoms with Gasteiger partial charge < -0.3 is 4.90 Å². The average molecular weight is 704 g/mol. The SMILES string of the molecule is Cc1ccccc1-c1ccc(N(c2ccc3c(c2)C2(c4ccccc4-c4ccccc42)c2ccccc2-3)c2cccc3c2C(C)(C)c2ccccc2-3)cc1C. The molecule has 262 valence electrons. The molecule has 0 unspecified atom stereocenters. The van der Waals surface area contributed by atoms with Crippen LogP contribution >= 0.6 is 0 Å². The molecule has 1 nitrogen and oxygen atoms in total. The van der Waals surface area contributed by atoms with Gasteiger partial charge in [-0.3, -0.25) is 0 Å². The van der Waals surface area contributed by atoms with Crippen molar-refractivity contribution < 1.29 is 0 Å². The summed E-state index contributed by atoms with van der Waals surface area (Å²) in [6.45, 7) is 9.26. The lowest BCUT2D eigenvalue weighted by Gasteiger charge is -2.34. The van der Waals surface area contributed by atoms with Crippen molar-refractivity contribution in [2.75, 3.05) is 4.90 Å². The lowest BCUT2D eigenvalue weighted by molar-refractivity contribution is 0.661. The second-order valence-corrected chi connectivity index (χ2v) is 16.1. The molecule has 3 aliphatic rings. The van der Waals surface area contributed by atoms with E-state index in [1.165, 1.54) is 94.7 Å². The zero-order valence-electron chi connectivity index (χ0n) is 31.7. The van der Waals surface area contributed by atoms with Crippen LogP contribution in [0.15, 0.2) is 176 Å². The van der Waals surface area contributed by atoms with Crippen molar-refractivity contribution in [2.24, 2.45) is 0 Å². The number of benzene rings is 8. The van der Waals surface area contributed by atoms with Crippen molar-refractivity contribution in [3.8, 4) is 44.5 Å². The van der Waals surface area contributed by atoms with Crippen LogP contribution < -0.4 is 4.90 Å². The molecular formula is C54H41N. The molecule has 55 heavy (non-hydrogen) atoms. The number of hydrogen-bond donors (Lipinski definition) is 0. The minimum atomic E-state index is -0.417. The van der Waals surface area contributed by atoms with Gasteiger partial charge in [-0.2, -0.15) is 0 Å². The molecule has 0 fully saturated rings. The van der Waals surface area contributed by atoms with Crippen LogP contribution in [0.2, 0.25) is 0 Å². The standard InChI is InChI=1S/C54H41N/c1-34-16-5-6-17-38(34)39-30-28-36(32-35(39)2)55(51-27-15-22-45-43-21-7-11-23-46(43)53(3,4)52(45)51)37-29-31-44-42-20-10-14-26-49(42)54(50(44)33-37)47-24-12-8-18-40(47)41-19-9-13-25-48(41)54/h5-33H,1-4H3. The fraction of sp³-hybridized carbons (Fsp3) is 0.111. The molecule has 0 amide bonds. The highest BCUT2D eigenvalue weighted by atomic mass is 15.1. The molecule has 0 saturated heterocycles. The first-order valence-corrected chi connectivity index (χ1v) is 19.5. The summed E-state index contributed by atoms with van der Waals surface area (Å²) in [5, 5.41) is 0. The number of rotatable bonds is 4. The number of nitrogens with zero attached hydrogens (tertiary/aromatic N) is 1. The van der Waals surface area contributed by atoms with E-state index in [1.54, 1.807) is 0 Å². The molecule has 1 heteroatoms. The largest absolute Gasteiger partial charge is 0.310 e. The van der Waals surface area contributed by atoms with Gasteiger partial charge in [0.25, 0.3) is 0 Å². The Bertz CT molecular complexity index is 2820. The van der Waals surface area contributed by atoms with Crippen molar-refractivity contribution in [3.05, 3.63) is 220 Å². The molecular weight excluding hydrogens is 663 g/mol. The summed E-state index contributed by atoms with van der Waals surface area (Å²) in [5.74, 6) is 0. The van der Waals surface area contributed by atoms with Crippen molar-refractivity contribution in [1.82, 2.24) is 0 Å². The first kappa shape index (κ1) is 32.0. The smallest absolute Gasteiger partial charge is 0.0726 e. The van der Waals surface area contributed by atoms with E-state index < -0.39 is 5.41 Å². The summed E-state index contributed by atoms with van der Waals surface area (Å²) >= 11 is 0. The average Bonchev–Trinajstić information content (AvgIpc) is 3.77. The predicted octanol–water partition coefficient (Wildman–Crippen LogP) is 14.1. The third kappa shape index (κ3) is 4.24. The molecule has 0 radical (unpaired) electrons. The number of fused-ring (bicyclic) bond motifs is 13. The first-order valence-electron chi connectivity index (χ1n) is 19.5. The van der Waals surface area contributed by atoms with Gasteiger partial charge in [0, 0.05) is 16.8 Å². The Labute approximate surface area is 324 Å². The summed E-state index contributed by atoms with van der Waals surface area (Å²) in [6.07, 6.45) is 0. The highest BCUT2D eigenvalue weighted by Gasteiger charge is 2.51. The summed E-state index contributed by atoms with van der Waals surface area (Å²) < 4.78 is 0. The van der Waals surface area contributed by atoms with Crippen molar-refractivity contribution >= 4 is 17.1 Å². The van der Waals surface area contributed by atoms with Crippen LogP contribution in [0.5, 0.6) is 0 Å². The molecule has 0 bridgehead atoms. The van der Waals surface area contributed by atoms with Gasteiger partial charge in [-0.25, -0.2) is 0 Å². The monoisotopic (exact) mass is 703 g/mol. The predicted molar refractivity (Wildman–Crippen MR) is 230 cm³/mol. The minimum Gasteiger partial charge on any atom is -0.310 e. The maximum atomic E-state index is 2.55. The molecule has 1 spiro atoms. The topological polar surface area (TPSA) is 3.24 Å². The molecule has 0 atom stereocenters. The van der Waals surface area contributed by atoms with E-state index in [4.69, 9.17) is 0 Å². The summed E-state index contributed by atoms with van der Waals surface area (Å²) in [5.41, 5.74) is 24.2. The van der Waals surface area contributed by atoms with Crippen LogP contribution in [-0.2, 0) is 10.8 Å². The van der Waals surface area contributed by atoms with Gasteiger partial charge in [0.2, 0.25) is 0 Å². The normalized spacial score (nSPS) is 14.5. The second-order valence-electron chi connectivity index (χ2n) is 16.1. The molecule has 0 saturated carbocycles. The van der Waals surface area contributed by atoms with Gasteiger partial charge in [-0.05, 0) is 133 Å². The van der Waals surface area contributed by atoms with Gasteiger partial charge in [0.1, 0.15) is 0 Å². The molecule has 0 aliphatic heterocycles. The van der Waals surface area contributed by atoms with Crippen LogP contribution in [0.3, 0.4) is 0 Å². The van der Waals surface area contributed by atoms with E-state index >= 15 is 0 Å². The fourth-order valence-corrected chi connectivity index (χ4v) is 10.6. The van der Waals surface area contributed by atoms with E-state index in [9.17, 15) is 0 Å². The summed E-state index contributed by atoms with van der Waals surface area (Å²) in [6, 6.07) is 66.2. The van der Waals surface area contributed by atoms with E-state index in [0.29, 0.717) is 0 Å². The van der Waals surface area contributed by atoms with Gasteiger partial charge in [0.05, 0.1) is 11.1 Å². The molecule has 8 aromatic rings. The second kappa shape index (κ2) is 11.5. The Morgan fingerprint density at radius 2 is 0.782 bits per heavy atom. The molecule has 0 N–H and O–H groups in total. The zero-order valence-corrected chi connectivity index (χ0v) is 31.7. The molecule has 8 aromatic carbocycles. The Balaban J connectivity index is 1.20. The van der Waals surface area contributed by atoms with Crippen LogP contribution in [0, 0.1) is 13.8 Å². The van der Waals surface area contributed by atoms with Crippen LogP contribution in [0.1, 0.15) is 58.4 Å². The van der Waals surface area contributed by atoms with Crippen LogP contribution in [0.4, 0.5) is 17.1 Å². The minimum absolute atomic E-state index is 0.186. The van der Waals surface area contributed by atoms with Gasteiger partial charge in [-0.15, -0.1) is 0 Å². The third-order valence-corrected chi connectivity index (χ3v) is 12.9. The fourth-order valence-electron chi connectivity index (χ4n) is 10.6. The Hall–Kier alpha value is -6.44. The quantitative estimate of drug-likeness (QED) is 0.176. The molecule has 11 rings (SSSR count). The van der Waals surface area contributed by atoms with E-state index in [2.05, 4.69) is 209 Å².